The molecular formula is C19H22N2. The van der Waals surface area contributed by atoms with E-state index in [4.69, 9.17) is 0 Å². The molecule has 0 aliphatic carbocycles. The standard InChI is InChI=1S/C19H22N2/c1-3-13-21-15-19(2,17-10-5-4-6-11-17)20-14-16-9-7-8-12-18(16)21/h3-12,20H,1,13-15H2,2H3. The number of para-hydroxylation sites is 1. The van der Waals surface area contributed by atoms with Gasteiger partial charge in [-0.3, -0.25) is 0 Å². The van der Waals surface area contributed by atoms with Crippen molar-refractivity contribution in [3.05, 3.63) is 78.4 Å². The molecule has 0 aromatic heterocycles. The van der Waals surface area contributed by atoms with Crippen LogP contribution in [0.1, 0.15) is 18.1 Å². The van der Waals surface area contributed by atoms with Gasteiger partial charge in [-0.05, 0) is 24.1 Å². The predicted octanol–water partition coefficient (Wildman–Crippen LogP) is 3.70. The summed E-state index contributed by atoms with van der Waals surface area (Å²) in [6.07, 6.45) is 1.98. The minimum Gasteiger partial charge on any atom is -0.365 e. The molecule has 0 amide bonds. The molecule has 0 radical (unpaired) electrons. The van der Waals surface area contributed by atoms with Crippen LogP contribution in [0.2, 0.25) is 0 Å². The molecule has 0 saturated carbocycles. The minimum atomic E-state index is -0.0662. The number of hydrogen-bond acceptors (Lipinski definition) is 2. The van der Waals surface area contributed by atoms with Gasteiger partial charge in [0.25, 0.3) is 0 Å². The first-order valence-corrected chi connectivity index (χ1v) is 7.47. The number of nitrogens with one attached hydrogen (secondary N) is 1. The number of nitrogens with zero attached hydrogens (tertiary/aromatic N) is 1. The molecular weight excluding hydrogens is 256 g/mol. The number of hydrogen-bond donors (Lipinski definition) is 1. The fourth-order valence-corrected chi connectivity index (χ4v) is 3.10. The zero-order chi connectivity index (χ0) is 14.7. The Morgan fingerprint density at radius 2 is 1.86 bits per heavy atom. The van der Waals surface area contributed by atoms with Gasteiger partial charge < -0.3 is 10.2 Å². The van der Waals surface area contributed by atoms with Gasteiger partial charge in [-0.25, -0.2) is 0 Å². The maximum atomic E-state index is 3.92. The Morgan fingerprint density at radius 3 is 2.62 bits per heavy atom. The summed E-state index contributed by atoms with van der Waals surface area (Å²) >= 11 is 0. The van der Waals surface area contributed by atoms with E-state index in [0.717, 1.165) is 19.6 Å². The molecule has 1 aliphatic heterocycles. The van der Waals surface area contributed by atoms with Gasteiger partial charge >= 0.3 is 0 Å². The van der Waals surface area contributed by atoms with Crippen molar-refractivity contribution in [1.82, 2.24) is 5.32 Å². The average Bonchev–Trinajstić information content (AvgIpc) is 2.67. The van der Waals surface area contributed by atoms with E-state index < -0.39 is 0 Å². The molecule has 0 fully saturated rings. The molecule has 2 heteroatoms. The molecule has 2 aromatic carbocycles. The van der Waals surface area contributed by atoms with Gasteiger partial charge in [-0.15, -0.1) is 6.58 Å². The molecule has 1 heterocycles. The van der Waals surface area contributed by atoms with Crippen molar-refractivity contribution in [2.75, 3.05) is 18.0 Å². The first-order chi connectivity index (χ1) is 10.2. The lowest BCUT2D eigenvalue weighted by molar-refractivity contribution is 0.375. The first-order valence-electron chi connectivity index (χ1n) is 7.47. The molecule has 1 aliphatic rings. The molecule has 21 heavy (non-hydrogen) atoms. The molecule has 0 saturated heterocycles. The third-order valence-corrected chi connectivity index (χ3v) is 4.27. The molecule has 0 bridgehead atoms. The number of benzene rings is 2. The smallest absolute Gasteiger partial charge is 0.0586 e. The Bertz CT molecular complexity index is 620. The Kier molecular flexibility index (Phi) is 3.80. The van der Waals surface area contributed by atoms with Gasteiger partial charge in [0.05, 0.1) is 5.54 Å². The van der Waals surface area contributed by atoms with Gasteiger partial charge in [0.2, 0.25) is 0 Å². The van der Waals surface area contributed by atoms with Crippen molar-refractivity contribution in [1.29, 1.82) is 0 Å². The topological polar surface area (TPSA) is 15.3 Å². The minimum absolute atomic E-state index is 0.0662. The van der Waals surface area contributed by atoms with Crippen LogP contribution in [0.4, 0.5) is 5.69 Å². The number of fused-ring (bicyclic) bond motifs is 1. The van der Waals surface area contributed by atoms with Crippen molar-refractivity contribution in [3.63, 3.8) is 0 Å². The van der Waals surface area contributed by atoms with Crippen LogP contribution < -0.4 is 10.2 Å². The third-order valence-electron chi connectivity index (χ3n) is 4.27. The van der Waals surface area contributed by atoms with E-state index in [-0.39, 0.29) is 5.54 Å². The lowest BCUT2D eigenvalue weighted by Crippen LogP contribution is -2.46. The van der Waals surface area contributed by atoms with Crippen molar-refractivity contribution in [2.45, 2.75) is 19.0 Å². The van der Waals surface area contributed by atoms with Crippen LogP contribution >= 0.6 is 0 Å². The first kappa shape index (κ1) is 13.9. The highest BCUT2D eigenvalue weighted by Crippen LogP contribution is 2.31. The summed E-state index contributed by atoms with van der Waals surface area (Å²) < 4.78 is 0. The highest BCUT2D eigenvalue weighted by molar-refractivity contribution is 5.56. The fraction of sp³-hybridized carbons (Fsp3) is 0.263. The Hall–Kier alpha value is -2.06. The summed E-state index contributed by atoms with van der Waals surface area (Å²) in [5.41, 5.74) is 3.92. The molecule has 3 rings (SSSR count). The summed E-state index contributed by atoms with van der Waals surface area (Å²) in [6, 6.07) is 19.3. The highest BCUT2D eigenvalue weighted by Gasteiger charge is 2.31. The lowest BCUT2D eigenvalue weighted by atomic mass is 9.91. The van der Waals surface area contributed by atoms with E-state index in [1.54, 1.807) is 0 Å². The predicted molar refractivity (Wildman–Crippen MR) is 89.5 cm³/mol. The summed E-state index contributed by atoms with van der Waals surface area (Å²) in [7, 11) is 0. The molecule has 2 aromatic rings. The van der Waals surface area contributed by atoms with Crippen LogP contribution in [-0.2, 0) is 12.1 Å². The lowest BCUT2D eigenvalue weighted by Gasteiger charge is -2.35. The summed E-state index contributed by atoms with van der Waals surface area (Å²) in [5.74, 6) is 0. The molecule has 108 valence electrons. The molecule has 1 unspecified atom stereocenters. The van der Waals surface area contributed by atoms with Crippen LogP contribution in [0.3, 0.4) is 0 Å². The van der Waals surface area contributed by atoms with Crippen LogP contribution in [0.25, 0.3) is 0 Å². The van der Waals surface area contributed by atoms with Crippen molar-refractivity contribution in [2.24, 2.45) is 0 Å². The monoisotopic (exact) mass is 278 g/mol. The Labute approximate surface area is 127 Å². The van der Waals surface area contributed by atoms with Gasteiger partial charge in [0.15, 0.2) is 0 Å². The van der Waals surface area contributed by atoms with Gasteiger partial charge in [0.1, 0.15) is 0 Å². The molecule has 1 N–H and O–H groups in total. The summed E-state index contributed by atoms with van der Waals surface area (Å²) in [6.45, 7) is 8.88. The van der Waals surface area contributed by atoms with Gasteiger partial charge in [-0.2, -0.15) is 0 Å². The summed E-state index contributed by atoms with van der Waals surface area (Å²) in [4.78, 5) is 2.41. The Balaban J connectivity index is 2.00. The second-order valence-electron chi connectivity index (χ2n) is 5.85. The van der Waals surface area contributed by atoms with Crippen LogP contribution in [0, 0.1) is 0 Å². The Morgan fingerprint density at radius 1 is 1.14 bits per heavy atom. The van der Waals surface area contributed by atoms with Crippen LogP contribution in [0.15, 0.2) is 67.3 Å². The second kappa shape index (κ2) is 5.74. The fourth-order valence-electron chi connectivity index (χ4n) is 3.10. The van der Waals surface area contributed by atoms with E-state index in [9.17, 15) is 0 Å². The average molecular weight is 278 g/mol. The van der Waals surface area contributed by atoms with E-state index in [0.29, 0.717) is 0 Å². The number of anilines is 1. The van der Waals surface area contributed by atoms with E-state index in [1.807, 2.05) is 6.08 Å². The third kappa shape index (κ3) is 2.72. The quantitative estimate of drug-likeness (QED) is 0.861. The second-order valence-corrected chi connectivity index (χ2v) is 5.85. The number of rotatable bonds is 3. The van der Waals surface area contributed by atoms with E-state index in [1.165, 1.54) is 16.8 Å². The maximum absolute atomic E-state index is 3.92. The zero-order valence-electron chi connectivity index (χ0n) is 12.5. The molecule has 2 nitrogen and oxygen atoms in total. The van der Waals surface area contributed by atoms with E-state index >= 15 is 0 Å². The van der Waals surface area contributed by atoms with E-state index in [2.05, 4.69) is 78.3 Å². The zero-order valence-corrected chi connectivity index (χ0v) is 12.5. The van der Waals surface area contributed by atoms with Gasteiger partial charge in [0, 0.05) is 25.3 Å². The van der Waals surface area contributed by atoms with Crippen molar-refractivity contribution >= 4 is 5.69 Å². The van der Waals surface area contributed by atoms with Gasteiger partial charge in [-0.1, -0.05) is 54.6 Å². The van der Waals surface area contributed by atoms with Crippen molar-refractivity contribution < 1.29 is 0 Å². The van der Waals surface area contributed by atoms with Crippen LogP contribution in [-0.4, -0.2) is 13.1 Å². The normalized spacial score (nSPS) is 21.5. The van der Waals surface area contributed by atoms with Crippen LogP contribution in [0.5, 0.6) is 0 Å². The molecule has 0 spiro atoms. The summed E-state index contributed by atoms with van der Waals surface area (Å²) in [5, 5.41) is 3.74. The largest absolute Gasteiger partial charge is 0.365 e. The molecule has 1 atom stereocenters. The maximum Gasteiger partial charge on any atom is 0.0586 e. The van der Waals surface area contributed by atoms with Crippen molar-refractivity contribution in [3.8, 4) is 0 Å². The SMILES string of the molecule is C=CCN1CC(C)(c2ccccc2)NCc2ccccc21. The highest BCUT2D eigenvalue weighted by atomic mass is 15.2.